The molecule has 0 aliphatic heterocycles. The Balaban J connectivity index is 1.71. The van der Waals surface area contributed by atoms with Crippen LogP contribution in [0.2, 0.25) is 15.1 Å². The van der Waals surface area contributed by atoms with Gasteiger partial charge in [0.1, 0.15) is 0 Å². The first-order valence-electron chi connectivity index (χ1n) is 9.43. The van der Waals surface area contributed by atoms with E-state index >= 15 is 0 Å². The molecule has 1 N–H and O–H groups in total. The van der Waals surface area contributed by atoms with Gasteiger partial charge in [0, 0.05) is 22.2 Å². The Hall–Kier alpha value is -2.86. The van der Waals surface area contributed by atoms with Crippen LogP contribution in [0.3, 0.4) is 0 Å². The monoisotopic (exact) mass is 470 g/mol. The van der Waals surface area contributed by atoms with Crippen molar-refractivity contribution >= 4 is 46.7 Å². The van der Waals surface area contributed by atoms with Crippen molar-refractivity contribution in [2.24, 2.45) is 0 Å². The van der Waals surface area contributed by atoms with Gasteiger partial charge in [-0.05, 0) is 42.8 Å². The highest BCUT2D eigenvalue weighted by Gasteiger charge is 2.21. The number of hydrogen-bond donors (Lipinski definition) is 1. The third-order valence-electron chi connectivity index (χ3n) is 4.63. The summed E-state index contributed by atoms with van der Waals surface area (Å²) in [6.07, 6.45) is 0. The molecule has 0 atom stereocenters. The molecule has 0 aliphatic carbocycles. The van der Waals surface area contributed by atoms with Crippen LogP contribution < -0.4 is 5.32 Å². The van der Waals surface area contributed by atoms with E-state index in [4.69, 9.17) is 34.8 Å². The zero-order valence-corrected chi connectivity index (χ0v) is 18.7. The third kappa shape index (κ3) is 4.90. The van der Waals surface area contributed by atoms with Gasteiger partial charge in [-0.15, -0.1) is 5.10 Å². The number of carbonyl (C=O) groups is 1. The first-order chi connectivity index (χ1) is 14.9. The highest BCUT2D eigenvalue weighted by molar-refractivity contribution is 6.36. The smallest absolute Gasteiger partial charge is 0.282 e. The van der Waals surface area contributed by atoms with Crippen LogP contribution in [-0.4, -0.2) is 20.7 Å². The highest BCUT2D eigenvalue weighted by Crippen LogP contribution is 2.25. The van der Waals surface area contributed by atoms with Crippen molar-refractivity contribution in [3.63, 3.8) is 0 Å². The summed E-state index contributed by atoms with van der Waals surface area (Å²) in [6, 6.07) is 19.9. The fraction of sp³-hybridized carbons (Fsp3) is 0.0870. The van der Waals surface area contributed by atoms with Crippen LogP contribution in [0.25, 0.3) is 11.4 Å². The number of aromatic nitrogens is 3. The molecule has 0 saturated carbocycles. The van der Waals surface area contributed by atoms with Crippen molar-refractivity contribution in [1.82, 2.24) is 14.8 Å². The summed E-state index contributed by atoms with van der Waals surface area (Å²) in [5, 5.41) is 8.99. The van der Waals surface area contributed by atoms with Gasteiger partial charge < -0.3 is 5.32 Å². The van der Waals surface area contributed by atoms with E-state index in [-0.39, 0.29) is 10.6 Å². The number of rotatable bonds is 5. The van der Waals surface area contributed by atoms with E-state index in [0.29, 0.717) is 28.4 Å². The second-order valence-electron chi connectivity index (χ2n) is 6.95. The Morgan fingerprint density at radius 3 is 2.29 bits per heavy atom. The quantitative estimate of drug-likeness (QED) is 0.360. The summed E-state index contributed by atoms with van der Waals surface area (Å²) < 4.78 is 1.22. The Kier molecular flexibility index (Phi) is 6.28. The van der Waals surface area contributed by atoms with Crippen molar-refractivity contribution < 1.29 is 4.79 Å². The number of nitrogens with one attached hydrogen (secondary N) is 1. The molecule has 0 saturated heterocycles. The number of nitrogens with zero attached hydrogens (tertiary/aromatic N) is 3. The van der Waals surface area contributed by atoms with E-state index in [2.05, 4.69) is 15.4 Å². The molecule has 0 aliphatic rings. The predicted octanol–water partition coefficient (Wildman–Crippen LogP) is 6.51. The van der Waals surface area contributed by atoms with Gasteiger partial charge >= 0.3 is 0 Å². The number of aryl methyl sites for hydroxylation is 1. The minimum atomic E-state index is -0.411. The van der Waals surface area contributed by atoms with Gasteiger partial charge in [0.15, 0.2) is 5.82 Å². The lowest BCUT2D eigenvalue weighted by atomic mass is 10.1. The molecular formula is C23H17Cl3N4O. The standard InChI is InChI=1S/C23H17Cl3N4O/c1-14-2-6-16(7-3-14)21-28-23(27-13-15-4-8-17(24)9-5-15)30(29-21)22(31)19-11-10-18(25)12-20(19)26/h2-12H,13H2,1H3,(H,27,28,29). The van der Waals surface area contributed by atoms with Gasteiger partial charge in [0.2, 0.25) is 5.95 Å². The molecule has 0 spiro atoms. The molecule has 1 heterocycles. The van der Waals surface area contributed by atoms with Crippen LogP contribution >= 0.6 is 34.8 Å². The fourth-order valence-electron chi connectivity index (χ4n) is 2.95. The Morgan fingerprint density at radius 1 is 0.935 bits per heavy atom. The molecule has 0 fully saturated rings. The topological polar surface area (TPSA) is 59.8 Å². The summed E-state index contributed by atoms with van der Waals surface area (Å²) in [7, 11) is 0. The van der Waals surface area contributed by atoms with Crippen LogP contribution in [0.4, 0.5) is 5.95 Å². The van der Waals surface area contributed by atoms with Gasteiger partial charge in [0.25, 0.3) is 5.91 Å². The van der Waals surface area contributed by atoms with E-state index < -0.39 is 5.91 Å². The van der Waals surface area contributed by atoms with Crippen molar-refractivity contribution in [3.05, 3.63) is 98.5 Å². The van der Waals surface area contributed by atoms with Crippen LogP contribution in [0, 0.1) is 6.92 Å². The molecule has 0 unspecified atom stereocenters. The van der Waals surface area contributed by atoms with Gasteiger partial charge in [-0.2, -0.15) is 9.67 Å². The Bertz CT molecular complexity index is 1230. The van der Waals surface area contributed by atoms with Crippen LogP contribution in [-0.2, 0) is 6.54 Å². The molecule has 4 rings (SSSR count). The average Bonchev–Trinajstić information content (AvgIpc) is 3.18. The lowest BCUT2D eigenvalue weighted by molar-refractivity contribution is 0.0947. The zero-order valence-electron chi connectivity index (χ0n) is 16.4. The minimum absolute atomic E-state index is 0.244. The van der Waals surface area contributed by atoms with Crippen molar-refractivity contribution in [1.29, 1.82) is 0 Å². The number of anilines is 1. The number of benzene rings is 3. The van der Waals surface area contributed by atoms with E-state index in [1.807, 2.05) is 43.3 Å². The van der Waals surface area contributed by atoms with E-state index in [1.54, 1.807) is 24.3 Å². The lowest BCUT2D eigenvalue weighted by Crippen LogP contribution is -2.18. The van der Waals surface area contributed by atoms with Crippen molar-refractivity contribution in [2.45, 2.75) is 13.5 Å². The van der Waals surface area contributed by atoms with Gasteiger partial charge in [-0.3, -0.25) is 4.79 Å². The van der Waals surface area contributed by atoms with E-state index in [9.17, 15) is 4.79 Å². The maximum absolute atomic E-state index is 13.2. The number of halogens is 3. The fourth-order valence-corrected chi connectivity index (χ4v) is 3.57. The molecule has 31 heavy (non-hydrogen) atoms. The minimum Gasteiger partial charge on any atom is -0.350 e. The maximum atomic E-state index is 13.2. The second kappa shape index (κ2) is 9.10. The van der Waals surface area contributed by atoms with Gasteiger partial charge in [0.05, 0.1) is 10.6 Å². The Morgan fingerprint density at radius 2 is 1.61 bits per heavy atom. The molecule has 0 amide bonds. The molecule has 0 bridgehead atoms. The molecular weight excluding hydrogens is 455 g/mol. The van der Waals surface area contributed by atoms with Crippen LogP contribution in [0.15, 0.2) is 66.7 Å². The molecule has 0 radical (unpaired) electrons. The molecule has 3 aromatic carbocycles. The molecule has 4 aromatic rings. The summed E-state index contributed by atoms with van der Waals surface area (Å²) in [4.78, 5) is 17.8. The molecule has 5 nitrogen and oxygen atoms in total. The summed E-state index contributed by atoms with van der Waals surface area (Å²) in [6.45, 7) is 2.44. The first kappa shape index (κ1) is 21.4. The van der Waals surface area contributed by atoms with E-state index in [0.717, 1.165) is 16.7 Å². The summed E-state index contributed by atoms with van der Waals surface area (Å²) in [5.74, 6) is 0.324. The normalized spacial score (nSPS) is 10.8. The second-order valence-corrected chi connectivity index (χ2v) is 8.23. The lowest BCUT2D eigenvalue weighted by Gasteiger charge is -2.08. The zero-order chi connectivity index (χ0) is 22.0. The predicted molar refractivity (Wildman–Crippen MR) is 125 cm³/mol. The largest absolute Gasteiger partial charge is 0.350 e. The third-order valence-corrected chi connectivity index (χ3v) is 5.43. The van der Waals surface area contributed by atoms with Crippen LogP contribution in [0.5, 0.6) is 0 Å². The average molecular weight is 472 g/mol. The van der Waals surface area contributed by atoms with Gasteiger partial charge in [-0.25, -0.2) is 0 Å². The van der Waals surface area contributed by atoms with E-state index in [1.165, 1.54) is 10.7 Å². The van der Waals surface area contributed by atoms with Crippen LogP contribution in [0.1, 0.15) is 21.5 Å². The van der Waals surface area contributed by atoms with Crippen molar-refractivity contribution in [2.75, 3.05) is 5.32 Å². The maximum Gasteiger partial charge on any atom is 0.282 e. The Labute approximate surface area is 194 Å². The summed E-state index contributed by atoms with van der Waals surface area (Å²) >= 11 is 18.2. The van der Waals surface area contributed by atoms with Crippen molar-refractivity contribution in [3.8, 4) is 11.4 Å². The highest BCUT2D eigenvalue weighted by atomic mass is 35.5. The SMILES string of the molecule is Cc1ccc(-c2nc(NCc3ccc(Cl)cc3)n(C(=O)c3ccc(Cl)cc3Cl)n2)cc1. The summed E-state index contributed by atoms with van der Waals surface area (Å²) in [5.41, 5.74) is 3.18. The number of hydrogen-bond acceptors (Lipinski definition) is 4. The first-order valence-corrected chi connectivity index (χ1v) is 10.6. The number of carbonyl (C=O) groups excluding carboxylic acids is 1. The molecule has 8 heteroatoms. The molecule has 156 valence electrons. The van der Waals surface area contributed by atoms with Gasteiger partial charge in [-0.1, -0.05) is 76.8 Å². The molecule has 1 aromatic heterocycles.